The third-order valence-corrected chi connectivity index (χ3v) is 3.48. The van der Waals surface area contributed by atoms with Crippen molar-refractivity contribution >= 4 is 11.1 Å². The van der Waals surface area contributed by atoms with Crippen LogP contribution in [0.4, 0.5) is 0 Å². The summed E-state index contributed by atoms with van der Waals surface area (Å²) in [5.41, 5.74) is 1.87. The predicted molar refractivity (Wildman–Crippen MR) is 79.4 cm³/mol. The molecule has 0 atom stereocenters. The minimum atomic E-state index is 0.868. The molecule has 0 unspecified atom stereocenters. The Labute approximate surface area is 115 Å². The van der Waals surface area contributed by atoms with Gasteiger partial charge in [-0.1, -0.05) is 32.4 Å². The number of aromatic nitrogens is 1. The molecule has 0 bridgehead atoms. The number of fused-ring (bicyclic) bond motifs is 1. The van der Waals surface area contributed by atoms with Crippen LogP contribution in [0, 0.1) is 0 Å². The van der Waals surface area contributed by atoms with Gasteiger partial charge in [0, 0.05) is 6.42 Å². The lowest BCUT2D eigenvalue weighted by Crippen LogP contribution is -2.26. The van der Waals surface area contributed by atoms with Gasteiger partial charge >= 0.3 is 0 Å². The molecule has 0 radical (unpaired) electrons. The molecule has 0 aliphatic rings. The first-order valence-electron chi connectivity index (χ1n) is 7.40. The number of hydrogen-bond acceptors (Lipinski definition) is 3. The SMILES string of the molecule is CCCCN(CC)CCCc1nc2ccccc2o1. The molecular weight excluding hydrogens is 236 g/mol. The topological polar surface area (TPSA) is 29.3 Å². The lowest BCUT2D eigenvalue weighted by molar-refractivity contribution is 0.277. The van der Waals surface area contributed by atoms with Crippen molar-refractivity contribution in [1.82, 2.24) is 9.88 Å². The monoisotopic (exact) mass is 260 g/mol. The number of hydrogen-bond donors (Lipinski definition) is 0. The fourth-order valence-electron chi connectivity index (χ4n) is 2.29. The molecule has 0 spiro atoms. The molecule has 0 aliphatic carbocycles. The van der Waals surface area contributed by atoms with Gasteiger partial charge in [-0.3, -0.25) is 0 Å². The van der Waals surface area contributed by atoms with Crippen LogP contribution < -0.4 is 0 Å². The smallest absolute Gasteiger partial charge is 0.195 e. The lowest BCUT2D eigenvalue weighted by atomic mass is 10.2. The second kappa shape index (κ2) is 7.29. The summed E-state index contributed by atoms with van der Waals surface area (Å²) in [4.78, 5) is 7.02. The fraction of sp³-hybridized carbons (Fsp3) is 0.562. The van der Waals surface area contributed by atoms with Gasteiger partial charge in [-0.2, -0.15) is 0 Å². The highest BCUT2D eigenvalue weighted by molar-refractivity contribution is 5.72. The van der Waals surface area contributed by atoms with Crippen molar-refractivity contribution < 1.29 is 4.42 Å². The third kappa shape index (κ3) is 4.06. The highest BCUT2D eigenvalue weighted by Gasteiger charge is 2.06. The molecule has 104 valence electrons. The zero-order valence-corrected chi connectivity index (χ0v) is 12.1. The molecule has 1 aromatic carbocycles. The van der Waals surface area contributed by atoms with Crippen LogP contribution in [-0.4, -0.2) is 29.5 Å². The van der Waals surface area contributed by atoms with Gasteiger partial charge in [0.25, 0.3) is 0 Å². The van der Waals surface area contributed by atoms with Crippen LogP contribution in [0.5, 0.6) is 0 Å². The molecule has 1 aromatic heterocycles. The Morgan fingerprint density at radius 2 is 1.89 bits per heavy atom. The summed E-state index contributed by atoms with van der Waals surface area (Å²) in [6.07, 6.45) is 4.60. The van der Waals surface area contributed by atoms with Gasteiger partial charge in [-0.15, -0.1) is 0 Å². The highest BCUT2D eigenvalue weighted by Crippen LogP contribution is 2.15. The molecule has 19 heavy (non-hydrogen) atoms. The molecule has 0 N–H and O–H groups in total. The van der Waals surface area contributed by atoms with Crippen LogP contribution in [0.1, 0.15) is 39.0 Å². The summed E-state index contributed by atoms with van der Waals surface area (Å²) in [5.74, 6) is 0.868. The molecule has 0 amide bonds. The summed E-state index contributed by atoms with van der Waals surface area (Å²) in [6, 6.07) is 7.96. The number of nitrogens with zero attached hydrogens (tertiary/aromatic N) is 2. The van der Waals surface area contributed by atoms with Crippen molar-refractivity contribution in [2.45, 2.75) is 39.5 Å². The van der Waals surface area contributed by atoms with E-state index < -0.39 is 0 Å². The van der Waals surface area contributed by atoms with Crippen molar-refractivity contribution in [3.05, 3.63) is 30.2 Å². The molecule has 2 aromatic rings. The van der Waals surface area contributed by atoms with E-state index in [1.54, 1.807) is 0 Å². The Morgan fingerprint density at radius 1 is 1.11 bits per heavy atom. The van der Waals surface area contributed by atoms with Gasteiger partial charge in [-0.25, -0.2) is 4.98 Å². The van der Waals surface area contributed by atoms with E-state index in [1.807, 2.05) is 24.3 Å². The lowest BCUT2D eigenvalue weighted by Gasteiger charge is -2.19. The Morgan fingerprint density at radius 3 is 2.63 bits per heavy atom. The standard InChI is InChI=1S/C16H24N2O/c1-3-5-12-18(4-2)13-8-11-16-17-14-9-6-7-10-15(14)19-16/h6-7,9-10H,3-5,8,11-13H2,1-2H3. The van der Waals surface area contributed by atoms with Crippen LogP contribution >= 0.6 is 0 Å². The number of unbranched alkanes of at least 4 members (excludes halogenated alkanes) is 1. The maximum Gasteiger partial charge on any atom is 0.195 e. The number of oxazole rings is 1. The normalized spacial score (nSPS) is 11.5. The first kappa shape index (κ1) is 14.1. The predicted octanol–water partition coefficient (Wildman–Crippen LogP) is 3.88. The first-order chi connectivity index (χ1) is 9.33. The molecule has 2 rings (SSSR count). The minimum Gasteiger partial charge on any atom is -0.441 e. The van der Waals surface area contributed by atoms with E-state index >= 15 is 0 Å². The quantitative estimate of drug-likeness (QED) is 0.721. The van der Waals surface area contributed by atoms with E-state index in [1.165, 1.54) is 19.4 Å². The van der Waals surface area contributed by atoms with Crippen molar-refractivity contribution in [2.75, 3.05) is 19.6 Å². The van der Waals surface area contributed by atoms with Crippen LogP contribution in [0.3, 0.4) is 0 Å². The average molecular weight is 260 g/mol. The van der Waals surface area contributed by atoms with Gasteiger partial charge in [0.15, 0.2) is 11.5 Å². The van der Waals surface area contributed by atoms with Gasteiger partial charge in [-0.05, 0) is 44.6 Å². The van der Waals surface area contributed by atoms with Gasteiger partial charge in [0.2, 0.25) is 0 Å². The van der Waals surface area contributed by atoms with Crippen LogP contribution in [0.2, 0.25) is 0 Å². The Hall–Kier alpha value is -1.35. The van der Waals surface area contributed by atoms with Crippen LogP contribution in [0.15, 0.2) is 28.7 Å². The summed E-state index contributed by atoms with van der Waals surface area (Å²) in [6.45, 7) is 7.95. The first-order valence-corrected chi connectivity index (χ1v) is 7.40. The number of para-hydroxylation sites is 2. The second-order valence-electron chi connectivity index (χ2n) is 4.97. The maximum absolute atomic E-state index is 5.73. The molecule has 0 saturated heterocycles. The third-order valence-electron chi connectivity index (χ3n) is 3.48. The second-order valence-corrected chi connectivity index (χ2v) is 4.97. The minimum absolute atomic E-state index is 0.868. The molecule has 0 saturated carbocycles. The van der Waals surface area contributed by atoms with E-state index in [-0.39, 0.29) is 0 Å². The summed E-state index contributed by atoms with van der Waals surface area (Å²) < 4.78 is 5.73. The van der Waals surface area contributed by atoms with Gasteiger partial charge in [0.05, 0.1) is 0 Å². The largest absolute Gasteiger partial charge is 0.441 e. The molecule has 0 fully saturated rings. The van der Waals surface area contributed by atoms with Crippen molar-refractivity contribution in [3.8, 4) is 0 Å². The zero-order chi connectivity index (χ0) is 13.5. The van der Waals surface area contributed by atoms with Crippen LogP contribution in [0.25, 0.3) is 11.1 Å². The van der Waals surface area contributed by atoms with Crippen molar-refractivity contribution in [1.29, 1.82) is 0 Å². The summed E-state index contributed by atoms with van der Waals surface area (Å²) in [5, 5.41) is 0. The maximum atomic E-state index is 5.73. The Bertz CT molecular complexity index is 459. The number of benzene rings is 1. The number of aryl methyl sites for hydroxylation is 1. The summed E-state index contributed by atoms with van der Waals surface area (Å²) >= 11 is 0. The highest BCUT2D eigenvalue weighted by atomic mass is 16.3. The number of rotatable bonds is 8. The van der Waals surface area contributed by atoms with Crippen molar-refractivity contribution in [3.63, 3.8) is 0 Å². The van der Waals surface area contributed by atoms with E-state index in [9.17, 15) is 0 Å². The fourth-order valence-corrected chi connectivity index (χ4v) is 2.29. The average Bonchev–Trinajstić information content (AvgIpc) is 2.85. The van der Waals surface area contributed by atoms with Gasteiger partial charge in [0.1, 0.15) is 5.52 Å². The molecule has 3 nitrogen and oxygen atoms in total. The summed E-state index contributed by atoms with van der Waals surface area (Å²) in [7, 11) is 0. The molecule has 1 heterocycles. The molecular formula is C16H24N2O. The van der Waals surface area contributed by atoms with E-state index in [4.69, 9.17) is 4.42 Å². The molecule has 3 heteroatoms. The Balaban J connectivity index is 1.81. The van der Waals surface area contributed by atoms with E-state index in [0.29, 0.717) is 0 Å². The zero-order valence-electron chi connectivity index (χ0n) is 12.1. The van der Waals surface area contributed by atoms with Crippen LogP contribution in [-0.2, 0) is 6.42 Å². The van der Waals surface area contributed by atoms with E-state index in [2.05, 4.69) is 23.7 Å². The molecule has 0 aliphatic heterocycles. The Kier molecular flexibility index (Phi) is 5.40. The van der Waals surface area contributed by atoms with Crippen molar-refractivity contribution in [2.24, 2.45) is 0 Å². The van der Waals surface area contributed by atoms with E-state index in [0.717, 1.165) is 42.9 Å². The van der Waals surface area contributed by atoms with Gasteiger partial charge < -0.3 is 9.32 Å².